The van der Waals surface area contributed by atoms with E-state index in [0.717, 1.165) is 46.5 Å². The fourth-order valence-electron chi connectivity index (χ4n) is 2.61. The van der Waals surface area contributed by atoms with E-state index in [1.807, 2.05) is 64.6 Å². The fourth-order valence-corrected chi connectivity index (χ4v) is 2.61. The van der Waals surface area contributed by atoms with Crippen LogP contribution in [0, 0.1) is 0 Å². The summed E-state index contributed by atoms with van der Waals surface area (Å²) in [7, 11) is 8.14. The summed E-state index contributed by atoms with van der Waals surface area (Å²) >= 11 is 0. The Bertz CT molecular complexity index is 771. The summed E-state index contributed by atoms with van der Waals surface area (Å²) in [5.74, 6) is 1.71. The summed E-state index contributed by atoms with van der Waals surface area (Å²) in [6.07, 6.45) is 0. The van der Waals surface area contributed by atoms with E-state index < -0.39 is 0 Å². The molecule has 1 heterocycles. The van der Waals surface area contributed by atoms with Crippen LogP contribution in [0.1, 0.15) is 0 Å². The summed E-state index contributed by atoms with van der Waals surface area (Å²) in [5, 5.41) is 2.10. The van der Waals surface area contributed by atoms with Gasteiger partial charge in [-0.1, -0.05) is 0 Å². The van der Waals surface area contributed by atoms with Crippen LogP contribution in [-0.4, -0.2) is 64.3 Å². The molecule has 134 valence electrons. The lowest BCUT2D eigenvalue weighted by Crippen LogP contribution is -2.19. The lowest BCUT2D eigenvalue weighted by molar-refractivity contribution is 0.261. The molecule has 0 saturated carbocycles. The molecule has 0 atom stereocenters. The third-order valence-electron chi connectivity index (χ3n) is 4.03. The molecular weight excluding hydrogens is 316 g/mol. The number of furan rings is 1. The molecule has 1 aromatic heterocycles. The summed E-state index contributed by atoms with van der Waals surface area (Å²) in [5.41, 5.74) is 1.72. The molecule has 0 fully saturated rings. The van der Waals surface area contributed by atoms with E-state index in [2.05, 4.69) is 9.80 Å². The molecule has 2 aromatic carbocycles. The maximum atomic E-state index is 5.92. The van der Waals surface area contributed by atoms with Gasteiger partial charge in [-0.25, -0.2) is 0 Å². The van der Waals surface area contributed by atoms with Crippen molar-refractivity contribution in [1.29, 1.82) is 0 Å². The number of rotatable bonds is 8. The Morgan fingerprint density at radius 3 is 1.56 bits per heavy atom. The van der Waals surface area contributed by atoms with Crippen molar-refractivity contribution in [2.45, 2.75) is 0 Å². The van der Waals surface area contributed by atoms with Gasteiger partial charge in [-0.3, -0.25) is 0 Å². The molecule has 0 aliphatic carbocycles. The van der Waals surface area contributed by atoms with Gasteiger partial charge < -0.3 is 23.7 Å². The Labute approximate surface area is 148 Å². The maximum absolute atomic E-state index is 5.92. The zero-order valence-electron chi connectivity index (χ0n) is 15.4. The van der Waals surface area contributed by atoms with Crippen LogP contribution in [0.5, 0.6) is 11.5 Å². The average Bonchev–Trinajstić information content (AvgIpc) is 2.92. The SMILES string of the molecule is CN(C)CCOc1ccc2oc3ccc(OCCN(C)C)cc3c2c1. The number of nitrogens with zero attached hydrogens (tertiary/aromatic N) is 2. The zero-order chi connectivity index (χ0) is 17.8. The number of ether oxygens (including phenoxy) is 2. The van der Waals surface area contributed by atoms with Crippen molar-refractivity contribution in [1.82, 2.24) is 9.80 Å². The average molecular weight is 342 g/mol. The molecule has 0 radical (unpaired) electrons. The zero-order valence-corrected chi connectivity index (χ0v) is 15.4. The molecule has 0 aliphatic rings. The van der Waals surface area contributed by atoms with Crippen molar-refractivity contribution in [3.63, 3.8) is 0 Å². The van der Waals surface area contributed by atoms with Gasteiger partial charge in [-0.2, -0.15) is 0 Å². The third kappa shape index (κ3) is 4.44. The van der Waals surface area contributed by atoms with Crippen molar-refractivity contribution in [3.05, 3.63) is 36.4 Å². The van der Waals surface area contributed by atoms with E-state index in [1.165, 1.54) is 0 Å². The van der Waals surface area contributed by atoms with Gasteiger partial charge in [0.05, 0.1) is 0 Å². The van der Waals surface area contributed by atoms with E-state index in [9.17, 15) is 0 Å². The molecule has 3 aromatic rings. The van der Waals surface area contributed by atoms with Crippen molar-refractivity contribution in [3.8, 4) is 11.5 Å². The highest BCUT2D eigenvalue weighted by Gasteiger charge is 2.10. The standard InChI is InChI=1S/C20H26N2O3/c1-21(2)9-11-23-15-5-7-19-17(13-15)18-14-16(6-8-20(18)25-19)24-12-10-22(3)4/h5-8,13-14H,9-12H2,1-4H3. The van der Waals surface area contributed by atoms with Crippen LogP contribution in [0.2, 0.25) is 0 Å². The van der Waals surface area contributed by atoms with Crippen molar-refractivity contribution in [2.75, 3.05) is 54.5 Å². The highest BCUT2D eigenvalue weighted by molar-refractivity contribution is 6.05. The Balaban J connectivity index is 1.82. The summed E-state index contributed by atoms with van der Waals surface area (Å²) in [4.78, 5) is 4.20. The van der Waals surface area contributed by atoms with Crippen molar-refractivity contribution < 1.29 is 13.9 Å². The molecular formula is C20H26N2O3. The monoisotopic (exact) mass is 342 g/mol. The molecule has 0 amide bonds. The summed E-state index contributed by atoms with van der Waals surface area (Å²) < 4.78 is 17.6. The van der Waals surface area contributed by atoms with Crippen LogP contribution in [0.4, 0.5) is 0 Å². The van der Waals surface area contributed by atoms with Gasteiger partial charge in [-0.05, 0) is 64.6 Å². The first-order chi connectivity index (χ1) is 12.0. The van der Waals surface area contributed by atoms with Crippen LogP contribution in [0.25, 0.3) is 21.9 Å². The minimum Gasteiger partial charge on any atom is -0.492 e. The second-order valence-corrected chi connectivity index (χ2v) is 6.72. The fraction of sp³-hybridized carbons (Fsp3) is 0.400. The van der Waals surface area contributed by atoms with Gasteiger partial charge in [0.1, 0.15) is 35.9 Å². The highest BCUT2D eigenvalue weighted by atomic mass is 16.5. The number of fused-ring (bicyclic) bond motifs is 3. The molecule has 0 saturated heterocycles. The smallest absolute Gasteiger partial charge is 0.135 e. The predicted octanol–water partition coefficient (Wildman–Crippen LogP) is 3.47. The first kappa shape index (κ1) is 17.6. The topological polar surface area (TPSA) is 38.1 Å². The van der Waals surface area contributed by atoms with E-state index in [-0.39, 0.29) is 0 Å². The summed E-state index contributed by atoms with van der Waals surface area (Å²) in [6, 6.07) is 11.9. The van der Waals surface area contributed by atoms with Gasteiger partial charge in [0, 0.05) is 23.9 Å². The third-order valence-corrected chi connectivity index (χ3v) is 4.03. The minimum absolute atomic E-state index is 0.660. The Hall–Kier alpha value is -2.24. The van der Waals surface area contributed by atoms with Crippen molar-refractivity contribution in [2.24, 2.45) is 0 Å². The molecule has 25 heavy (non-hydrogen) atoms. The lowest BCUT2D eigenvalue weighted by atomic mass is 10.1. The molecule has 5 heteroatoms. The first-order valence-electron chi connectivity index (χ1n) is 8.54. The second kappa shape index (κ2) is 7.76. The van der Waals surface area contributed by atoms with Crippen LogP contribution in [0.15, 0.2) is 40.8 Å². The minimum atomic E-state index is 0.660. The molecule has 0 spiro atoms. The Kier molecular flexibility index (Phi) is 5.46. The van der Waals surface area contributed by atoms with Crippen LogP contribution >= 0.6 is 0 Å². The maximum Gasteiger partial charge on any atom is 0.135 e. The van der Waals surface area contributed by atoms with Crippen LogP contribution in [-0.2, 0) is 0 Å². The number of hydrogen-bond donors (Lipinski definition) is 0. The van der Waals surface area contributed by atoms with Crippen molar-refractivity contribution >= 4 is 21.9 Å². The number of hydrogen-bond acceptors (Lipinski definition) is 5. The Morgan fingerprint density at radius 1 is 0.720 bits per heavy atom. The Morgan fingerprint density at radius 2 is 1.16 bits per heavy atom. The molecule has 3 rings (SSSR count). The molecule has 0 aliphatic heterocycles. The van der Waals surface area contributed by atoms with Gasteiger partial charge >= 0.3 is 0 Å². The van der Waals surface area contributed by atoms with E-state index in [0.29, 0.717) is 13.2 Å². The molecule has 0 N–H and O–H groups in total. The number of benzene rings is 2. The largest absolute Gasteiger partial charge is 0.492 e. The molecule has 0 bridgehead atoms. The van der Waals surface area contributed by atoms with Gasteiger partial charge in [-0.15, -0.1) is 0 Å². The first-order valence-corrected chi connectivity index (χ1v) is 8.54. The number of likely N-dealkylation sites (N-methyl/N-ethyl adjacent to an activating group) is 2. The molecule has 0 unspecified atom stereocenters. The van der Waals surface area contributed by atoms with Gasteiger partial charge in [0.15, 0.2) is 0 Å². The summed E-state index contributed by atoms with van der Waals surface area (Å²) in [6.45, 7) is 3.09. The van der Waals surface area contributed by atoms with E-state index >= 15 is 0 Å². The van der Waals surface area contributed by atoms with E-state index in [1.54, 1.807) is 0 Å². The van der Waals surface area contributed by atoms with E-state index in [4.69, 9.17) is 13.9 Å². The molecule has 5 nitrogen and oxygen atoms in total. The highest BCUT2D eigenvalue weighted by Crippen LogP contribution is 2.33. The second-order valence-electron chi connectivity index (χ2n) is 6.72. The lowest BCUT2D eigenvalue weighted by Gasteiger charge is -2.11. The normalized spacial score (nSPS) is 11.8. The van der Waals surface area contributed by atoms with Gasteiger partial charge in [0.2, 0.25) is 0 Å². The van der Waals surface area contributed by atoms with Crippen LogP contribution < -0.4 is 9.47 Å². The van der Waals surface area contributed by atoms with Crippen LogP contribution in [0.3, 0.4) is 0 Å². The quantitative estimate of drug-likeness (QED) is 0.627. The predicted molar refractivity (Wildman–Crippen MR) is 102 cm³/mol. The van der Waals surface area contributed by atoms with Gasteiger partial charge in [0.25, 0.3) is 0 Å².